The van der Waals surface area contributed by atoms with Crippen molar-refractivity contribution in [1.82, 2.24) is 0 Å². The summed E-state index contributed by atoms with van der Waals surface area (Å²) in [5, 5.41) is 12.4. The molecule has 2 aromatic carbocycles. The highest BCUT2D eigenvalue weighted by Crippen LogP contribution is 2.17. The van der Waals surface area contributed by atoms with Gasteiger partial charge in [0.1, 0.15) is 5.75 Å². The number of hydrogen-bond donors (Lipinski definition) is 2. The van der Waals surface area contributed by atoms with Crippen LogP contribution in [0, 0.1) is 0 Å². The standard InChI is InChI=1S/C18H21NO3/c1-13(20)15-4-3-5-16(12-15)19-18(21)11-8-14-6-9-17(22-2)10-7-14/h3-7,9-10,12-13,20H,8,11H2,1-2H3,(H,19,21)/t13-/m0/s1. The predicted molar refractivity (Wildman–Crippen MR) is 87.0 cm³/mol. The van der Waals surface area contributed by atoms with Crippen LogP contribution in [0.15, 0.2) is 48.5 Å². The maximum absolute atomic E-state index is 12.0. The summed E-state index contributed by atoms with van der Waals surface area (Å²) in [5.74, 6) is 0.765. The number of aliphatic hydroxyl groups is 1. The predicted octanol–water partition coefficient (Wildman–Crippen LogP) is 3.32. The monoisotopic (exact) mass is 299 g/mol. The van der Waals surface area contributed by atoms with E-state index >= 15 is 0 Å². The van der Waals surface area contributed by atoms with Crippen LogP contribution < -0.4 is 10.1 Å². The third-order valence-corrected chi connectivity index (χ3v) is 3.45. The van der Waals surface area contributed by atoms with Crippen LogP contribution in [0.3, 0.4) is 0 Å². The lowest BCUT2D eigenvalue weighted by Gasteiger charge is -2.09. The van der Waals surface area contributed by atoms with Gasteiger partial charge >= 0.3 is 0 Å². The SMILES string of the molecule is COc1ccc(CCC(=O)Nc2cccc([C@H](C)O)c2)cc1. The molecule has 0 aromatic heterocycles. The van der Waals surface area contributed by atoms with Crippen molar-refractivity contribution in [3.8, 4) is 5.75 Å². The molecule has 1 atom stereocenters. The van der Waals surface area contributed by atoms with E-state index in [4.69, 9.17) is 4.74 Å². The number of benzene rings is 2. The number of ether oxygens (including phenoxy) is 1. The molecule has 0 unspecified atom stereocenters. The highest BCUT2D eigenvalue weighted by atomic mass is 16.5. The van der Waals surface area contributed by atoms with Gasteiger partial charge < -0.3 is 15.2 Å². The van der Waals surface area contributed by atoms with Crippen molar-refractivity contribution in [2.75, 3.05) is 12.4 Å². The first-order valence-corrected chi connectivity index (χ1v) is 7.29. The fourth-order valence-electron chi connectivity index (χ4n) is 2.15. The van der Waals surface area contributed by atoms with Gasteiger partial charge in [0.15, 0.2) is 0 Å². The molecule has 2 rings (SSSR count). The third-order valence-electron chi connectivity index (χ3n) is 3.45. The zero-order valence-corrected chi connectivity index (χ0v) is 12.9. The van der Waals surface area contributed by atoms with Gasteiger partial charge in [0.25, 0.3) is 0 Å². The summed E-state index contributed by atoms with van der Waals surface area (Å²) in [6, 6.07) is 14.9. The molecule has 0 fully saturated rings. The second kappa shape index (κ2) is 7.61. The molecule has 2 aromatic rings. The minimum Gasteiger partial charge on any atom is -0.497 e. The Kier molecular flexibility index (Phi) is 5.55. The van der Waals surface area contributed by atoms with Crippen molar-refractivity contribution in [2.45, 2.75) is 25.9 Å². The molecule has 0 aliphatic carbocycles. The van der Waals surface area contributed by atoms with E-state index in [1.54, 1.807) is 20.1 Å². The summed E-state index contributed by atoms with van der Waals surface area (Å²) in [6.07, 6.45) is 0.535. The molecular formula is C18H21NO3. The van der Waals surface area contributed by atoms with Gasteiger partial charge in [-0.05, 0) is 48.7 Å². The van der Waals surface area contributed by atoms with Crippen LogP contribution in [0.1, 0.15) is 30.6 Å². The Labute approximate surface area is 130 Å². The lowest BCUT2D eigenvalue weighted by Crippen LogP contribution is -2.12. The average Bonchev–Trinajstić information content (AvgIpc) is 2.53. The molecule has 4 heteroatoms. The zero-order valence-electron chi connectivity index (χ0n) is 12.9. The van der Waals surface area contributed by atoms with Crippen molar-refractivity contribution in [3.63, 3.8) is 0 Å². The van der Waals surface area contributed by atoms with Gasteiger partial charge in [0.2, 0.25) is 5.91 Å². The van der Waals surface area contributed by atoms with Crippen LogP contribution in [0.4, 0.5) is 5.69 Å². The Morgan fingerprint density at radius 2 is 1.95 bits per heavy atom. The summed E-state index contributed by atoms with van der Waals surface area (Å²) in [7, 11) is 1.63. The van der Waals surface area contributed by atoms with Gasteiger partial charge in [0.05, 0.1) is 13.2 Å². The third kappa shape index (κ3) is 4.60. The Morgan fingerprint density at radius 1 is 1.23 bits per heavy atom. The molecule has 0 saturated carbocycles. The quantitative estimate of drug-likeness (QED) is 0.860. The van der Waals surface area contributed by atoms with E-state index in [-0.39, 0.29) is 5.91 Å². The molecule has 0 heterocycles. The van der Waals surface area contributed by atoms with E-state index in [9.17, 15) is 9.90 Å². The summed E-state index contributed by atoms with van der Waals surface area (Å²) in [5.41, 5.74) is 2.58. The van der Waals surface area contributed by atoms with Crippen LogP contribution in [-0.2, 0) is 11.2 Å². The van der Waals surface area contributed by atoms with Crippen molar-refractivity contribution >= 4 is 11.6 Å². The van der Waals surface area contributed by atoms with Crippen LogP contribution >= 0.6 is 0 Å². The van der Waals surface area contributed by atoms with E-state index in [0.29, 0.717) is 18.5 Å². The van der Waals surface area contributed by atoms with Gasteiger partial charge in [-0.3, -0.25) is 4.79 Å². The van der Waals surface area contributed by atoms with Gasteiger partial charge in [-0.2, -0.15) is 0 Å². The number of methoxy groups -OCH3 is 1. The van der Waals surface area contributed by atoms with E-state index in [1.165, 1.54) is 0 Å². The number of rotatable bonds is 6. The molecule has 1 amide bonds. The van der Waals surface area contributed by atoms with Crippen LogP contribution in [0.5, 0.6) is 5.75 Å². The number of hydrogen-bond acceptors (Lipinski definition) is 3. The number of anilines is 1. The molecule has 2 N–H and O–H groups in total. The summed E-state index contributed by atoms with van der Waals surface area (Å²) in [4.78, 5) is 12.0. The number of carbonyl (C=O) groups excluding carboxylic acids is 1. The highest BCUT2D eigenvalue weighted by Gasteiger charge is 2.06. The van der Waals surface area contributed by atoms with E-state index in [1.807, 2.05) is 42.5 Å². The highest BCUT2D eigenvalue weighted by molar-refractivity contribution is 5.90. The first kappa shape index (κ1) is 16.0. The first-order valence-electron chi connectivity index (χ1n) is 7.29. The van der Waals surface area contributed by atoms with Crippen molar-refractivity contribution < 1.29 is 14.6 Å². The van der Waals surface area contributed by atoms with E-state index in [0.717, 1.165) is 16.9 Å². The summed E-state index contributed by atoms with van der Waals surface area (Å²) < 4.78 is 5.10. The molecule has 116 valence electrons. The molecular weight excluding hydrogens is 278 g/mol. The van der Waals surface area contributed by atoms with Crippen molar-refractivity contribution in [2.24, 2.45) is 0 Å². The summed E-state index contributed by atoms with van der Waals surface area (Å²) in [6.45, 7) is 1.70. The smallest absolute Gasteiger partial charge is 0.224 e. The second-order valence-electron chi connectivity index (χ2n) is 5.20. The molecule has 4 nitrogen and oxygen atoms in total. The van der Waals surface area contributed by atoms with Crippen LogP contribution in [0.2, 0.25) is 0 Å². The van der Waals surface area contributed by atoms with Crippen molar-refractivity contribution in [3.05, 3.63) is 59.7 Å². The number of aryl methyl sites for hydroxylation is 1. The van der Waals surface area contributed by atoms with Gasteiger partial charge in [-0.25, -0.2) is 0 Å². The minimum atomic E-state index is -0.545. The molecule has 0 radical (unpaired) electrons. The molecule has 22 heavy (non-hydrogen) atoms. The maximum Gasteiger partial charge on any atom is 0.224 e. The molecule has 0 spiro atoms. The number of nitrogens with one attached hydrogen (secondary N) is 1. The number of aliphatic hydroxyl groups excluding tert-OH is 1. The largest absolute Gasteiger partial charge is 0.497 e. The number of carbonyl (C=O) groups is 1. The second-order valence-corrected chi connectivity index (χ2v) is 5.20. The summed E-state index contributed by atoms with van der Waals surface area (Å²) >= 11 is 0. The fraction of sp³-hybridized carbons (Fsp3) is 0.278. The van der Waals surface area contributed by atoms with Crippen LogP contribution in [-0.4, -0.2) is 18.1 Å². The minimum absolute atomic E-state index is 0.0430. The topological polar surface area (TPSA) is 58.6 Å². The normalized spacial score (nSPS) is 11.8. The van der Waals surface area contributed by atoms with Gasteiger partial charge in [0, 0.05) is 12.1 Å². The van der Waals surface area contributed by atoms with E-state index in [2.05, 4.69) is 5.32 Å². The maximum atomic E-state index is 12.0. The van der Waals surface area contributed by atoms with E-state index < -0.39 is 6.10 Å². The molecule has 0 aliphatic rings. The average molecular weight is 299 g/mol. The van der Waals surface area contributed by atoms with Crippen molar-refractivity contribution in [1.29, 1.82) is 0 Å². The Bertz CT molecular complexity index is 620. The molecule has 0 aliphatic heterocycles. The Hall–Kier alpha value is -2.33. The van der Waals surface area contributed by atoms with Crippen LogP contribution in [0.25, 0.3) is 0 Å². The lowest BCUT2D eigenvalue weighted by molar-refractivity contribution is -0.116. The first-order chi connectivity index (χ1) is 10.6. The fourth-order valence-corrected chi connectivity index (χ4v) is 2.15. The Morgan fingerprint density at radius 3 is 2.59 bits per heavy atom. The Balaban J connectivity index is 1.88. The molecule has 0 saturated heterocycles. The number of amides is 1. The zero-order chi connectivity index (χ0) is 15.9. The lowest BCUT2D eigenvalue weighted by atomic mass is 10.1. The van der Waals surface area contributed by atoms with Gasteiger partial charge in [-0.15, -0.1) is 0 Å². The molecule has 0 bridgehead atoms. The van der Waals surface area contributed by atoms with Gasteiger partial charge in [-0.1, -0.05) is 24.3 Å².